The van der Waals surface area contributed by atoms with Gasteiger partial charge in [-0.25, -0.2) is 0 Å². The Morgan fingerprint density at radius 2 is 1.86 bits per heavy atom. The molecule has 108 valence electrons. The van der Waals surface area contributed by atoms with Crippen molar-refractivity contribution in [3.05, 3.63) is 62.1 Å². The number of rotatable bonds is 4. The molecule has 0 saturated carbocycles. The average Bonchev–Trinajstić information content (AvgIpc) is 2.40. The molecule has 0 spiro atoms. The number of hydrogen-bond acceptors (Lipinski definition) is 4. The molecule has 2 rings (SSSR count). The Labute approximate surface area is 130 Å². The van der Waals surface area contributed by atoms with Crippen LogP contribution < -0.4 is 4.74 Å². The molecule has 0 aromatic heterocycles. The second kappa shape index (κ2) is 6.11. The van der Waals surface area contributed by atoms with E-state index in [4.69, 9.17) is 27.9 Å². The lowest BCUT2D eigenvalue weighted by Crippen LogP contribution is -1.94. The summed E-state index contributed by atoms with van der Waals surface area (Å²) in [6, 6.07) is 8.38. The number of nitrogens with zero attached hydrogens (tertiary/aromatic N) is 1. The van der Waals surface area contributed by atoms with Gasteiger partial charge in [-0.15, -0.1) is 0 Å². The number of halogens is 2. The van der Waals surface area contributed by atoms with Gasteiger partial charge in [0.25, 0.3) is 5.69 Å². The number of hydrogen-bond donors (Lipinski definition) is 0. The van der Waals surface area contributed by atoms with E-state index < -0.39 is 4.92 Å². The Bertz CT molecular complexity index is 731. The highest BCUT2D eigenvalue weighted by Crippen LogP contribution is 2.34. The van der Waals surface area contributed by atoms with Gasteiger partial charge in [0.15, 0.2) is 11.5 Å². The van der Waals surface area contributed by atoms with Crippen LogP contribution in [0.15, 0.2) is 36.4 Å². The van der Waals surface area contributed by atoms with Gasteiger partial charge in [0.2, 0.25) is 0 Å². The minimum atomic E-state index is -0.547. The molecule has 0 amide bonds. The van der Waals surface area contributed by atoms with Crippen molar-refractivity contribution in [2.45, 2.75) is 6.92 Å². The van der Waals surface area contributed by atoms with Gasteiger partial charge in [0.1, 0.15) is 5.75 Å². The van der Waals surface area contributed by atoms with Gasteiger partial charge in [-0.2, -0.15) is 0 Å². The molecule has 21 heavy (non-hydrogen) atoms. The number of Topliss-reactive ketones (excluding diaryl/α,β-unsaturated/α-hetero) is 1. The molecule has 0 unspecified atom stereocenters. The summed E-state index contributed by atoms with van der Waals surface area (Å²) in [4.78, 5) is 21.5. The predicted octanol–water partition coefficient (Wildman–Crippen LogP) is 4.90. The highest BCUT2D eigenvalue weighted by Gasteiger charge is 2.13. The molecule has 5 nitrogen and oxygen atoms in total. The fourth-order valence-corrected chi connectivity index (χ4v) is 2.12. The number of benzene rings is 2. The molecule has 0 aliphatic rings. The summed E-state index contributed by atoms with van der Waals surface area (Å²) >= 11 is 11.9. The molecular weight excluding hydrogens is 317 g/mol. The molecule has 0 fully saturated rings. The third-order valence-electron chi connectivity index (χ3n) is 2.67. The number of nitro benzene ring substituents is 1. The van der Waals surface area contributed by atoms with Crippen molar-refractivity contribution in [2.75, 3.05) is 0 Å². The smallest absolute Gasteiger partial charge is 0.273 e. The first-order valence-electron chi connectivity index (χ1n) is 5.81. The Morgan fingerprint density at radius 3 is 2.43 bits per heavy atom. The second-order valence-electron chi connectivity index (χ2n) is 4.17. The molecule has 0 heterocycles. The maximum atomic E-state index is 11.3. The van der Waals surface area contributed by atoms with Crippen molar-refractivity contribution in [3.63, 3.8) is 0 Å². The first kappa shape index (κ1) is 15.3. The van der Waals surface area contributed by atoms with Crippen LogP contribution in [0.25, 0.3) is 0 Å². The van der Waals surface area contributed by atoms with Crippen LogP contribution in [0.3, 0.4) is 0 Å². The van der Waals surface area contributed by atoms with Gasteiger partial charge in [-0.1, -0.05) is 23.2 Å². The maximum Gasteiger partial charge on any atom is 0.273 e. The van der Waals surface area contributed by atoms with Crippen LogP contribution in [-0.4, -0.2) is 10.7 Å². The van der Waals surface area contributed by atoms with E-state index >= 15 is 0 Å². The Morgan fingerprint density at radius 1 is 1.14 bits per heavy atom. The Balaban J connectivity index is 2.34. The molecule has 2 aromatic rings. The van der Waals surface area contributed by atoms with Gasteiger partial charge < -0.3 is 4.74 Å². The lowest BCUT2D eigenvalue weighted by atomic mass is 10.1. The van der Waals surface area contributed by atoms with E-state index in [-0.39, 0.29) is 27.3 Å². The number of ketones is 1. The molecule has 0 N–H and O–H groups in total. The van der Waals surface area contributed by atoms with E-state index in [9.17, 15) is 14.9 Å². The van der Waals surface area contributed by atoms with Crippen LogP contribution >= 0.6 is 23.2 Å². The monoisotopic (exact) mass is 325 g/mol. The summed E-state index contributed by atoms with van der Waals surface area (Å²) in [6.45, 7) is 1.40. The number of nitro groups is 1. The molecule has 0 saturated heterocycles. The average molecular weight is 326 g/mol. The van der Waals surface area contributed by atoms with Crippen LogP contribution in [0, 0.1) is 10.1 Å². The van der Waals surface area contributed by atoms with Gasteiger partial charge in [-0.3, -0.25) is 14.9 Å². The second-order valence-corrected chi connectivity index (χ2v) is 4.99. The zero-order chi connectivity index (χ0) is 15.6. The minimum Gasteiger partial charge on any atom is -0.455 e. The lowest BCUT2D eigenvalue weighted by Gasteiger charge is -2.09. The maximum absolute atomic E-state index is 11.3. The fraction of sp³-hybridized carbons (Fsp3) is 0.0714. The van der Waals surface area contributed by atoms with Crippen molar-refractivity contribution in [2.24, 2.45) is 0 Å². The SMILES string of the molecule is CC(=O)c1ccc(Oc2cc([N+](=O)[O-])ccc2Cl)cc1Cl. The minimum absolute atomic E-state index is 0.137. The van der Waals surface area contributed by atoms with E-state index in [0.29, 0.717) is 11.3 Å². The van der Waals surface area contributed by atoms with Crippen LogP contribution in [0.5, 0.6) is 11.5 Å². The fourth-order valence-electron chi connectivity index (χ4n) is 1.66. The first-order valence-corrected chi connectivity index (χ1v) is 6.56. The van der Waals surface area contributed by atoms with Crippen molar-refractivity contribution in [1.29, 1.82) is 0 Å². The summed E-state index contributed by atoms with van der Waals surface area (Å²) in [5.41, 5.74) is 0.231. The van der Waals surface area contributed by atoms with E-state index in [0.717, 1.165) is 0 Å². The van der Waals surface area contributed by atoms with Crippen LogP contribution in [0.1, 0.15) is 17.3 Å². The molecular formula is C14H9Cl2NO4. The lowest BCUT2D eigenvalue weighted by molar-refractivity contribution is -0.384. The van der Waals surface area contributed by atoms with Gasteiger partial charge in [-0.05, 0) is 25.1 Å². The number of carbonyl (C=O) groups is 1. The summed E-state index contributed by atoms with van der Waals surface area (Å²) in [7, 11) is 0. The molecule has 7 heteroatoms. The Kier molecular flexibility index (Phi) is 4.45. The summed E-state index contributed by atoms with van der Waals surface area (Å²) in [6.07, 6.45) is 0. The number of non-ortho nitro benzene ring substituents is 1. The molecule has 0 aliphatic heterocycles. The highest BCUT2D eigenvalue weighted by atomic mass is 35.5. The molecule has 0 aliphatic carbocycles. The first-order chi connectivity index (χ1) is 9.88. The van der Waals surface area contributed by atoms with Crippen molar-refractivity contribution >= 4 is 34.7 Å². The van der Waals surface area contributed by atoms with Crippen molar-refractivity contribution in [3.8, 4) is 11.5 Å². The third kappa shape index (κ3) is 3.51. The van der Waals surface area contributed by atoms with E-state index in [2.05, 4.69) is 0 Å². The number of ether oxygens (including phenoxy) is 1. The number of carbonyl (C=O) groups excluding carboxylic acids is 1. The molecule has 2 aromatic carbocycles. The quantitative estimate of drug-likeness (QED) is 0.455. The van der Waals surface area contributed by atoms with Crippen molar-refractivity contribution < 1.29 is 14.5 Å². The highest BCUT2D eigenvalue weighted by molar-refractivity contribution is 6.34. The van der Waals surface area contributed by atoms with Gasteiger partial charge in [0.05, 0.1) is 21.0 Å². The van der Waals surface area contributed by atoms with Gasteiger partial charge in [0, 0.05) is 17.7 Å². The van der Waals surface area contributed by atoms with Crippen LogP contribution in [-0.2, 0) is 0 Å². The molecule has 0 atom stereocenters. The summed E-state index contributed by atoms with van der Waals surface area (Å²) in [5.74, 6) is 0.296. The van der Waals surface area contributed by atoms with Crippen LogP contribution in [0.4, 0.5) is 5.69 Å². The van der Waals surface area contributed by atoms with Crippen molar-refractivity contribution in [1.82, 2.24) is 0 Å². The van der Waals surface area contributed by atoms with Gasteiger partial charge >= 0.3 is 0 Å². The van der Waals surface area contributed by atoms with E-state index in [1.165, 1.54) is 43.3 Å². The third-order valence-corrected chi connectivity index (χ3v) is 3.30. The standard InChI is InChI=1S/C14H9Cl2NO4/c1-8(18)11-4-3-10(7-13(11)16)21-14-6-9(17(19)20)2-5-12(14)15/h2-7H,1H3. The molecule has 0 radical (unpaired) electrons. The van der Waals surface area contributed by atoms with E-state index in [1.54, 1.807) is 0 Å². The zero-order valence-electron chi connectivity index (χ0n) is 10.8. The summed E-state index contributed by atoms with van der Waals surface area (Å²) in [5, 5.41) is 11.2. The van der Waals surface area contributed by atoms with Crippen LogP contribution in [0.2, 0.25) is 10.0 Å². The zero-order valence-corrected chi connectivity index (χ0v) is 12.3. The molecule has 0 bridgehead atoms. The van der Waals surface area contributed by atoms with E-state index in [1.807, 2.05) is 0 Å². The topological polar surface area (TPSA) is 69.4 Å². The predicted molar refractivity (Wildman–Crippen MR) is 79.6 cm³/mol. The Hall–Kier alpha value is -2.11. The largest absolute Gasteiger partial charge is 0.455 e. The summed E-state index contributed by atoms with van der Waals surface area (Å²) < 4.78 is 5.48. The normalized spacial score (nSPS) is 10.2.